The summed E-state index contributed by atoms with van der Waals surface area (Å²) in [4.78, 5) is 41.8. The Morgan fingerprint density at radius 1 is 1.20 bits per heavy atom. The van der Waals surface area contributed by atoms with Crippen molar-refractivity contribution in [1.29, 1.82) is 0 Å². The zero-order valence-corrected chi connectivity index (χ0v) is 14.5. The summed E-state index contributed by atoms with van der Waals surface area (Å²) in [7, 11) is -3.40. The van der Waals surface area contributed by atoms with Gasteiger partial charge in [0.2, 0.25) is 10.0 Å². The van der Waals surface area contributed by atoms with Crippen molar-refractivity contribution in [2.24, 2.45) is 5.92 Å². The van der Waals surface area contributed by atoms with E-state index in [0.717, 1.165) is 0 Å². The maximum absolute atomic E-state index is 12.4. The van der Waals surface area contributed by atoms with Gasteiger partial charge in [0.1, 0.15) is 0 Å². The number of nitrogens with zero attached hydrogens (tertiary/aromatic N) is 2. The molecule has 2 aliphatic heterocycles. The smallest absolute Gasteiger partial charge is 0.329 e. The highest BCUT2D eigenvalue weighted by Gasteiger charge is 2.41. The van der Waals surface area contributed by atoms with Crippen molar-refractivity contribution in [2.45, 2.75) is 19.8 Å². The molecular formula is C16H18N2O6S. The molecule has 0 spiro atoms. The molecule has 3 rings (SSSR count). The van der Waals surface area contributed by atoms with Gasteiger partial charge in [0.25, 0.3) is 11.8 Å². The van der Waals surface area contributed by atoms with Gasteiger partial charge in [-0.1, -0.05) is 17.2 Å². The van der Waals surface area contributed by atoms with Crippen molar-refractivity contribution in [3.8, 4) is 0 Å². The minimum Gasteiger partial charge on any atom is -0.329 e. The van der Waals surface area contributed by atoms with Crippen LogP contribution in [0, 0.1) is 5.92 Å². The van der Waals surface area contributed by atoms with Gasteiger partial charge in [0.05, 0.1) is 22.8 Å². The van der Waals surface area contributed by atoms with Crippen molar-refractivity contribution >= 4 is 27.8 Å². The van der Waals surface area contributed by atoms with E-state index >= 15 is 0 Å². The first kappa shape index (κ1) is 17.6. The van der Waals surface area contributed by atoms with E-state index in [2.05, 4.69) is 0 Å². The van der Waals surface area contributed by atoms with Crippen LogP contribution < -0.4 is 0 Å². The first-order chi connectivity index (χ1) is 11.8. The number of sulfonamides is 1. The fraction of sp³-hybridized carbons (Fsp3) is 0.438. The van der Waals surface area contributed by atoms with Crippen molar-refractivity contribution in [3.05, 3.63) is 35.4 Å². The number of carbonyl (C=O) groups excluding carboxylic acids is 3. The van der Waals surface area contributed by atoms with E-state index in [4.69, 9.17) is 4.84 Å². The Bertz CT molecular complexity index is 800. The largest absolute Gasteiger partial charge is 0.337 e. The van der Waals surface area contributed by atoms with Gasteiger partial charge in [-0.05, 0) is 31.9 Å². The second kappa shape index (κ2) is 6.57. The lowest BCUT2D eigenvalue weighted by molar-refractivity contribution is -0.174. The van der Waals surface area contributed by atoms with Crippen LogP contribution in [-0.4, -0.2) is 54.4 Å². The molecule has 0 N–H and O–H groups in total. The van der Waals surface area contributed by atoms with Gasteiger partial charge in [-0.3, -0.25) is 9.59 Å². The number of carbonyl (C=O) groups is 3. The average molecular weight is 366 g/mol. The van der Waals surface area contributed by atoms with Crippen LogP contribution in [0.5, 0.6) is 0 Å². The summed E-state index contributed by atoms with van der Waals surface area (Å²) in [6.45, 7) is 1.89. The van der Waals surface area contributed by atoms with Crippen LogP contribution in [-0.2, 0) is 19.7 Å². The van der Waals surface area contributed by atoms with Crippen LogP contribution >= 0.6 is 0 Å². The molecular weight excluding hydrogens is 348 g/mol. The molecule has 8 nitrogen and oxygen atoms in total. The van der Waals surface area contributed by atoms with Gasteiger partial charge >= 0.3 is 5.97 Å². The van der Waals surface area contributed by atoms with Gasteiger partial charge in [-0.25, -0.2) is 17.5 Å². The first-order valence-electron chi connectivity index (χ1n) is 8.02. The van der Waals surface area contributed by atoms with Gasteiger partial charge in [0.15, 0.2) is 0 Å². The predicted molar refractivity (Wildman–Crippen MR) is 86.8 cm³/mol. The van der Waals surface area contributed by atoms with Crippen molar-refractivity contribution in [3.63, 3.8) is 0 Å². The van der Waals surface area contributed by atoms with Crippen molar-refractivity contribution in [2.75, 3.05) is 18.8 Å². The van der Waals surface area contributed by atoms with E-state index in [0.29, 0.717) is 24.4 Å². The number of piperidine rings is 1. The standard InChI is InChI=1S/C16H18N2O6S/c1-2-25(22,23)17-9-5-6-11(10-17)16(21)24-18-14(19)12-7-3-4-8-13(12)15(18)20/h3-4,7-8,11H,2,5-6,9-10H2,1H3. The molecule has 0 aliphatic carbocycles. The molecule has 1 fully saturated rings. The molecule has 1 aromatic carbocycles. The number of hydrogen-bond acceptors (Lipinski definition) is 6. The maximum Gasteiger partial charge on any atom is 0.337 e. The summed E-state index contributed by atoms with van der Waals surface area (Å²) in [5.74, 6) is -2.91. The van der Waals surface area contributed by atoms with Crippen LogP contribution in [0.25, 0.3) is 0 Å². The molecule has 2 amide bonds. The molecule has 1 aromatic rings. The molecule has 9 heteroatoms. The van der Waals surface area contributed by atoms with E-state index in [9.17, 15) is 22.8 Å². The summed E-state index contributed by atoms with van der Waals surface area (Å²) in [6, 6.07) is 6.20. The number of benzene rings is 1. The van der Waals surface area contributed by atoms with Crippen LogP contribution in [0.1, 0.15) is 40.5 Å². The Labute approximate surface area is 145 Å². The Balaban J connectivity index is 1.71. The second-order valence-corrected chi connectivity index (χ2v) is 8.22. The fourth-order valence-corrected chi connectivity index (χ4v) is 4.16. The Morgan fingerprint density at radius 2 is 1.80 bits per heavy atom. The topological polar surface area (TPSA) is 101 Å². The minimum absolute atomic E-state index is 0.00181. The van der Waals surface area contributed by atoms with E-state index in [1.54, 1.807) is 12.1 Å². The Kier molecular flexibility index (Phi) is 4.61. The van der Waals surface area contributed by atoms with Crippen LogP contribution in [0.4, 0.5) is 0 Å². The van der Waals surface area contributed by atoms with Crippen LogP contribution in [0.2, 0.25) is 0 Å². The van der Waals surface area contributed by atoms with Crippen LogP contribution in [0.15, 0.2) is 24.3 Å². The number of hydrogen-bond donors (Lipinski definition) is 0. The highest BCUT2D eigenvalue weighted by atomic mass is 32.2. The van der Waals surface area contributed by atoms with Gasteiger partial charge in [-0.2, -0.15) is 0 Å². The molecule has 0 radical (unpaired) electrons. The monoisotopic (exact) mass is 366 g/mol. The molecule has 1 unspecified atom stereocenters. The lowest BCUT2D eigenvalue weighted by Crippen LogP contribution is -2.45. The number of amides is 2. The van der Waals surface area contributed by atoms with Crippen LogP contribution in [0.3, 0.4) is 0 Å². The lowest BCUT2D eigenvalue weighted by Gasteiger charge is -2.30. The molecule has 0 saturated carbocycles. The molecule has 1 saturated heterocycles. The number of fused-ring (bicyclic) bond motifs is 1. The van der Waals surface area contributed by atoms with E-state index in [1.165, 1.54) is 23.4 Å². The van der Waals surface area contributed by atoms with E-state index in [-0.39, 0.29) is 23.4 Å². The SMILES string of the molecule is CCS(=O)(=O)N1CCCC(C(=O)ON2C(=O)c3ccccc3C2=O)C1. The molecule has 1 atom stereocenters. The number of hydroxylamine groups is 2. The minimum atomic E-state index is -3.40. The third kappa shape index (κ3) is 3.16. The first-order valence-corrected chi connectivity index (χ1v) is 9.63. The molecule has 2 heterocycles. The average Bonchev–Trinajstić information content (AvgIpc) is 2.87. The number of rotatable bonds is 4. The molecule has 134 valence electrons. The normalized spacial score (nSPS) is 21.3. The zero-order valence-electron chi connectivity index (χ0n) is 13.7. The van der Waals surface area contributed by atoms with E-state index in [1.807, 2.05) is 0 Å². The third-order valence-corrected chi connectivity index (χ3v) is 6.26. The Morgan fingerprint density at radius 3 is 2.36 bits per heavy atom. The summed E-state index contributed by atoms with van der Waals surface area (Å²) in [6.07, 6.45) is 0.957. The Hall–Kier alpha value is -2.26. The highest BCUT2D eigenvalue weighted by Crippen LogP contribution is 2.25. The van der Waals surface area contributed by atoms with Gasteiger partial charge < -0.3 is 4.84 Å². The quantitative estimate of drug-likeness (QED) is 0.731. The lowest BCUT2D eigenvalue weighted by atomic mass is 10.0. The summed E-state index contributed by atoms with van der Waals surface area (Å²) < 4.78 is 25.2. The molecule has 25 heavy (non-hydrogen) atoms. The van der Waals surface area contributed by atoms with Gasteiger partial charge in [-0.15, -0.1) is 0 Å². The van der Waals surface area contributed by atoms with E-state index < -0.39 is 33.7 Å². The zero-order chi connectivity index (χ0) is 18.2. The molecule has 0 aromatic heterocycles. The summed E-state index contributed by atoms with van der Waals surface area (Å²) in [5.41, 5.74) is 0.360. The number of imide groups is 1. The second-order valence-electron chi connectivity index (χ2n) is 5.96. The van der Waals surface area contributed by atoms with Crippen molar-refractivity contribution < 1.29 is 27.6 Å². The maximum atomic E-state index is 12.4. The van der Waals surface area contributed by atoms with Gasteiger partial charge in [0, 0.05) is 13.1 Å². The molecule has 2 aliphatic rings. The predicted octanol–water partition coefficient (Wildman–Crippen LogP) is 0.802. The third-order valence-electron chi connectivity index (χ3n) is 4.41. The summed E-state index contributed by atoms with van der Waals surface area (Å²) in [5, 5.41) is 0.459. The molecule has 0 bridgehead atoms. The highest BCUT2D eigenvalue weighted by molar-refractivity contribution is 7.89. The summed E-state index contributed by atoms with van der Waals surface area (Å²) >= 11 is 0. The fourth-order valence-electron chi connectivity index (χ4n) is 2.98. The van der Waals surface area contributed by atoms with Crippen molar-refractivity contribution in [1.82, 2.24) is 9.37 Å².